The molecule has 1 fully saturated rings. The molecular weight excluding hydrogens is 350 g/mol. The van der Waals surface area contributed by atoms with E-state index in [1.165, 1.54) is 6.92 Å². The average molecular weight is 379 g/mol. The maximum Gasteiger partial charge on any atom is 0.364 e. The van der Waals surface area contributed by atoms with E-state index in [9.17, 15) is 4.79 Å². The summed E-state index contributed by atoms with van der Waals surface area (Å²) in [6, 6.07) is 7.76. The Labute approximate surface area is 160 Å². The number of ether oxygens (including phenoxy) is 3. The van der Waals surface area contributed by atoms with Crippen molar-refractivity contribution in [1.29, 1.82) is 0 Å². The van der Waals surface area contributed by atoms with E-state index in [0.29, 0.717) is 19.8 Å². The Balaban J connectivity index is 1.66. The fourth-order valence-electron chi connectivity index (χ4n) is 2.76. The first-order chi connectivity index (χ1) is 13.0. The minimum Gasteiger partial charge on any atom is -0.497 e. The Morgan fingerprint density at radius 3 is 2.48 bits per heavy atom. The molecule has 0 radical (unpaired) electrons. The van der Waals surface area contributed by atoms with Crippen molar-refractivity contribution in [1.82, 2.24) is 0 Å². The molecular formula is C20H29NO6. The molecule has 1 heterocycles. The maximum absolute atomic E-state index is 11.0. The first-order valence-corrected chi connectivity index (χ1v) is 9.33. The van der Waals surface area contributed by atoms with Crippen LogP contribution in [-0.2, 0) is 19.1 Å². The van der Waals surface area contributed by atoms with Gasteiger partial charge in [0.2, 0.25) is 0 Å². The molecule has 7 heteroatoms. The van der Waals surface area contributed by atoms with Crippen molar-refractivity contribution in [3.05, 3.63) is 29.8 Å². The zero-order chi connectivity index (χ0) is 19.7. The molecule has 0 aliphatic carbocycles. The lowest BCUT2D eigenvalue weighted by atomic mass is 10.0. The number of carbonyl (C=O) groups is 1. The number of hydrogen-bond donors (Lipinski definition) is 1. The number of nitrogens with zero attached hydrogens (tertiary/aromatic N) is 1. The fraction of sp³-hybridized carbons (Fsp3) is 0.600. The Kier molecular flexibility index (Phi) is 8.06. The van der Waals surface area contributed by atoms with Crippen LogP contribution in [0.25, 0.3) is 0 Å². The molecule has 1 saturated heterocycles. The molecule has 150 valence electrons. The molecule has 1 N–H and O–H groups in total. The van der Waals surface area contributed by atoms with Crippen molar-refractivity contribution in [3.63, 3.8) is 0 Å². The maximum atomic E-state index is 11.0. The molecule has 1 aromatic rings. The second-order valence-corrected chi connectivity index (χ2v) is 6.69. The minimum atomic E-state index is -1.51. The molecule has 1 aliphatic heterocycles. The van der Waals surface area contributed by atoms with E-state index in [0.717, 1.165) is 42.7 Å². The van der Waals surface area contributed by atoms with Crippen LogP contribution in [0.2, 0.25) is 0 Å². The number of oxime groups is 1. The molecule has 0 saturated carbocycles. The van der Waals surface area contributed by atoms with Crippen LogP contribution in [0.5, 0.6) is 5.75 Å². The fourth-order valence-corrected chi connectivity index (χ4v) is 2.76. The lowest BCUT2D eigenvalue weighted by molar-refractivity contribution is -0.271. The van der Waals surface area contributed by atoms with Gasteiger partial charge in [-0.25, -0.2) is 4.79 Å². The highest BCUT2D eigenvalue weighted by Crippen LogP contribution is 2.24. The molecule has 0 unspecified atom stereocenters. The first-order valence-electron chi connectivity index (χ1n) is 9.33. The van der Waals surface area contributed by atoms with Crippen LogP contribution in [0.1, 0.15) is 45.1 Å². The SMILES string of the molecule is CCC(=NOCCCCC1COC(C)(C(=O)O)OC1)c1ccc(OC)cc1. The van der Waals surface area contributed by atoms with E-state index >= 15 is 0 Å². The second-order valence-electron chi connectivity index (χ2n) is 6.69. The Morgan fingerprint density at radius 2 is 1.93 bits per heavy atom. The summed E-state index contributed by atoms with van der Waals surface area (Å²) in [6.45, 7) is 4.82. The van der Waals surface area contributed by atoms with Gasteiger partial charge in [-0.2, -0.15) is 0 Å². The predicted molar refractivity (Wildman–Crippen MR) is 101 cm³/mol. The Hall–Kier alpha value is -2.12. The van der Waals surface area contributed by atoms with Gasteiger partial charge in [0.05, 0.1) is 26.0 Å². The van der Waals surface area contributed by atoms with Crippen molar-refractivity contribution in [2.24, 2.45) is 11.1 Å². The lowest BCUT2D eigenvalue weighted by Gasteiger charge is -2.34. The van der Waals surface area contributed by atoms with E-state index in [1.54, 1.807) is 7.11 Å². The number of carboxylic acids is 1. The van der Waals surface area contributed by atoms with Gasteiger partial charge < -0.3 is 24.2 Å². The van der Waals surface area contributed by atoms with Gasteiger partial charge in [-0.1, -0.05) is 12.1 Å². The van der Waals surface area contributed by atoms with E-state index in [2.05, 4.69) is 5.16 Å². The van der Waals surface area contributed by atoms with E-state index < -0.39 is 11.8 Å². The van der Waals surface area contributed by atoms with Gasteiger partial charge in [0.1, 0.15) is 12.4 Å². The molecule has 2 rings (SSSR count). The highest BCUT2D eigenvalue weighted by Gasteiger charge is 2.40. The van der Waals surface area contributed by atoms with Gasteiger partial charge in [-0.3, -0.25) is 0 Å². The van der Waals surface area contributed by atoms with Crippen LogP contribution < -0.4 is 4.74 Å². The van der Waals surface area contributed by atoms with Crippen LogP contribution >= 0.6 is 0 Å². The minimum absolute atomic E-state index is 0.214. The molecule has 7 nitrogen and oxygen atoms in total. The van der Waals surface area contributed by atoms with Crippen LogP contribution in [0.4, 0.5) is 0 Å². The summed E-state index contributed by atoms with van der Waals surface area (Å²) in [7, 11) is 1.64. The topological polar surface area (TPSA) is 86.6 Å². The van der Waals surface area contributed by atoms with Gasteiger partial charge >= 0.3 is 5.97 Å². The third-order valence-corrected chi connectivity index (χ3v) is 4.61. The zero-order valence-electron chi connectivity index (χ0n) is 16.3. The van der Waals surface area contributed by atoms with Crippen LogP contribution in [0.3, 0.4) is 0 Å². The van der Waals surface area contributed by atoms with Gasteiger partial charge in [-0.05, 0) is 55.5 Å². The third kappa shape index (κ3) is 6.22. The number of carboxylic acid groups (broad SMARTS) is 1. The van der Waals surface area contributed by atoms with Crippen molar-refractivity contribution >= 4 is 11.7 Å². The Morgan fingerprint density at radius 1 is 1.26 bits per heavy atom. The lowest BCUT2D eigenvalue weighted by Crippen LogP contribution is -2.47. The average Bonchev–Trinajstić information content (AvgIpc) is 2.69. The number of unbranched alkanes of at least 4 members (excludes halogenated alkanes) is 1. The predicted octanol–water partition coefficient (Wildman–Crippen LogP) is 3.46. The van der Waals surface area contributed by atoms with Crippen LogP contribution in [0.15, 0.2) is 29.4 Å². The molecule has 1 aliphatic rings. The van der Waals surface area contributed by atoms with Gasteiger partial charge in [-0.15, -0.1) is 0 Å². The number of methoxy groups -OCH3 is 1. The summed E-state index contributed by atoms with van der Waals surface area (Å²) >= 11 is 0. The first kappa shape index (κ1) is 21.2. The highest BCUT2D eigenvalue weighted by molar-refractivity contribution is 6.00. The van der Waals surface area contributed by atoms with E-state index in [1.807, 2.05) is 31.2 Å². The number of aliphatic carboxylic acids is 1. The zero-order valence-corrected chi connectivity index (χ0v) is 16.3. The molecule has 0 amide bonds. The molecule has 0 spiro atoms. The Bertz CT molecular complexity index is 620. The molecule has 0 bridgehead atoms. The summed E-state index contributed by atoms with van der Waals surface area (Å²) < 4.78 is 15.9. The van der Waals surface area contributed by atoms with E-state index in [-0.39, 0.29) is 5.92 Å². The summed E-state index contributed by atoms with van der Waals surface area (Å²) in [5.74, 6) is -1.57. The van der Waals surface area contributed by atoms with Gasteiger partial charge in [0.15, 0.2) is 0 Å². The summed E-state index contributed by atoms with van der Waals surface area (Å²) in [5.41, 5.74) is 1.93. The third-order valence-electron chi connectivity index (χ3n) is 4.61. The van der Waals surface area contributed by atoms with Crippen molar-refractivity contribution in [2.45, 2.75) is 45.3 Å². The number of benzene rings is 1. The summed E-state index contributed by atoms with van der Waals surface area (Å²) in [6.07, 6.45) is 3.50. The summed E-state index contributed by atoms with van der Waals surface area (Å²) in [4.78, 5) is 16.5. The van der Waals surface area contributed by atoms with Gasteiger partial charge in [0.25, 0.3) is 5.79 Å². The number of hydrogen-bond acceptors (Lipinski definition) is 6. The normalized spacial score (nSPS) is 23.1. The van der Waals surface area contributed by atoms with Gasteiger partial charge in [0, 0.05) is 12.8 Å². The standard InChI is InChI=1S/C20H29NO6/c1-4-18(16-8-10-17(24-3)11-9-16)21-27-12-6-5-7-15-13-25-20(2,19(22)23)26-14-15/h8-11,15H,4-7,12-14H2,1-3H3,(H,22,23). The molecule has 1 aromatic carbocycles. The highest BCUT2D eigenvalue weighted by atomic mass is 16.7. The quantitative estimate of drug-likeness (QED) is 0.381. The number of rotatable bonds is 10. The largest absolute Gasteiger partial charge is 0.497 e. The van der Waals surface area contributed by atoms with Crippen molar-refractivity contribution in [3.8, 4) is 5.75 Å². The van der Waals surface area contributed by atoms with Crippen molar-refractivity contribution in [2.75, 3.05) is 26.9 Å². The van der Waals surface area contributed by atoms with E-state index in [4.69, 9.17) is 24.2 Å². The van der Waals surface area contributed by atoms with Crippen LogP contribution in [0, 0.1) is 5.92 Å². The molecule has 0 atom stereocenters. The smallest absolute Gasteiger partial charge is 0.364 e. The molecule has 0 aromatic heterocycles. The van der Waals surface area contributed by atoms with Crippen LogP contribution in [-0.4, -0.2) is 49.5 Å². The summed E-state index contributed by atoms with van der Waals surface area (Å²) in [5, 5.41) is 13.3. The molecule has 27 heavy (non-hydrogen) atoms. The second kappa shape index (κ2) is 10.3. The van der Waals surface area contributed by atoms with Crippen molar-refractivity contribution < 1.29 is 28.9 Å². The monoisotopic (exact) mass is 379 g/mol.